The van der Waals surface area contributed by atoms with Crippen molar-refractivity contribution in [1.82, 2.24) is 20.5 Å². The highest BCUT2D eigenvalue weighted by Crippen LogP contribution is 2.22. The minimum atomic E-state index is 0. The van der Waals surface area contributed by atoms with E-state index in [1.165, 1.54) is 4.90 Å². The van der Waals surface area contributed by atoms with Crippen LogP contribution in [0.1, 0.15) is 32.4 Å². The van der Waals surface area contributed by atoms with Crippen molar-refractivity contribution in [1.29, 1.82) is 0 Å². The zero-order valence-corrected chi connectivity index (χ0v) is 21.1. The molecule has 0 bridgehead atoms. The smallest absolute Gasteiger partial charge is 0.191 e. The predicted molar refractivity (Wildman–Crippen MR) is 139 cm³/mol. The second kappa shape index (κ2) is 13.9. The lowest BCUT2D eigenvalue weighted by Gasteiger charge is -2.33. The molecule has 1 atom stereocenters. The van der Waals surface area contributed by atoms with Crippen molar-refractivity contribution in [3.8, 4) is 0 Å². The van der Waals surface area contributed by atoms with Crippen molar-refractivity contribution >= 4 is 41.7 Å². The van der Waals surface area contributed by atoms with Crippen LogP contribution < -0.4 is 10.6 Å². The number of likely N-dealkylation sites (tertiary alicyclic amines) is 1. The van der Waals surface area contributed by atoms with Gasteiger partial charge in [-0.1, -0.05) is 31.2 Å². The van der Waals surface area contributed by atoms with Crippen molar-refractivity contribution in [3.63, 3.8) is 0 Å². The summed E-state index contributed by atoms with van der Waals surface area (Å²) in [7, 11) is 0. The number of guanidine groups is 1. The topological polar surface area (TPSA) is 52.6 Å². The molecule has 1 aromatic heterocycles. The molecule has 1 aliphatic rings. The average molecular weight is 540 g/mol. The molecule has 0 amide bonds. The molecule has 30 heavy (non-hydrogen) atoms. The third-order valence-electron chi connectivity index (χ3n) is 4.97. The summed E-state index contributed by atoms with van der Waals surface area (Å²) in [4.78, 5) is 13.1. The van der Waals surface area contributed by atoms with E-state index in [4.69, 9.17) is 4.99 Å². The Morgan fingerprint density at radius 1 is 1.17 bits per heavy atom. The number of hydrogen-bond acceptors (Lipinski definition) is 4. The maximum absolute atomic E-state index is 4.84. The van der Waals surface area contributed by atoms with E-state index >= 15 is 0 Å². The molecular formula is C23H34IN5S. The molecule has 0 saturated carbocycles. The van der Waals surface area contributed by atoms with Crippen LogP contribution in [0.25, 0.3) is 0 Å². The number of nitrogens with zero attached hydrogens (tertiary/aromatic N) is 3. The van der Waals surface area contributed by atoms with Gasteiger partial charge in [0.05, 0.1) is 12.2 Å². The van der Waals surface area contributed by atoms with Gasteiger partial charge in [-0.15, -0.1) is 35.7 Å². The van der Waals surface area contributed by atoms with Crippen LogP contribution in [0.2, 0.25) is 0 Å². The normalized spacial score (nSPS) is 16.5. The second-order valence-electron chi connectivity index (χ2n) is 7.48. The van der Waals surface area contributed by atoms with Crippen molar-refractivity contribution in [2.24, 2.45) is 4.99 Å². The number of pyridine rings is 1. The van der Waals surface area contributed by atoms with Crippen LogP contribution in [0.15, 0.2) is 64.6 Å². The van der Waals surface area contributed by atoms with Crippen LogP contribution in [-0.4, -0.2) is 53.3 Å². The minimum absolute atomic E-state index is 0. The van der Waals surface area contributed by atoms with Crippen molar-refractivity contribution in [3.05, 3.63) is 60.4 Å². The third-order valence-corrected chi connectivity index (χ3v) is 6.07. The van der Waals surface area contributed by atoms with Gasteiger partial charge in [0.25, 0.3) is 0 Å². The number of aromatic nitrogens is 1. The summed E-state index contributed by atoms with van der Waals surface area (Å²) in [5.74, 6) is 0.941. The van der Waals surface area contributed by atoms with Gasteiger partial charge >= 0.3 is 0 Å². The summed E-state index contributed by atoms with van der Waals surface area (Å²) < 4.78 is 0. The Kier molecular flexibility index (Phi) is 11.5. The predicted octanol–water partition coefficient (Wildman–Crippen LogP) is 4.40. The van der Waals surface area contributed by atoms with E-state index < -0.39 is 0 Å². The van der Waals surface area contributed by atoms with Crippen molar-refractivity contribution in [2.45, 2.75) is 49.4 Å². The fourth-order valence-corrected chi connectivity index (χ4v) is 4.39. The van der Waals surface area contributed by atoms with Crippen LogP contribution in [0.4, 0.5) is 0 Å². The molecule has 0 aliphatic carbocycles. The molecule has 0 radical (unpaired) electrons. The van der Waals surface area contributed by atoms with Crippen LogP contribution in [0.3, 0.4) is 0 Å². The lowest BCUT2D eigenvalue weighted by atomic mass is 10.0. The van der Waals surface area contributed by atoms with Gasteiger partial charge in [0, 0.05) is 48.6 Å². The van der Waals surface area contributed by atoms with Gasteiger partial charge in [-0.3, -0.25) is 14.9 Å². The van der Waals surface area contributed by atoms with Gasteiger partial charge in [-0.2, -0.15) is 0 Å². The minimum Gasteiger partial charge on any atom is -0.357 e. The van der Waals surface area contributed by atoms with E-state index in [1.807, 2.05) is 24.0 Å². The first-order chi connectivity index (χ1) is 14.2. The molecule has 5 nitrogen and oxygen atoms in total. The molecule has 1 unspecified atom stereocenters. The Bertz CT molecular complexity index is 736. The van der Waals surface area contributed by atoms with Crippen LogP contribution in [0.5, 0.6) is 0 Å². The number of thioether (sulfide) groups is 1. The number of benzene rings is 1. The van der Waals surface area contributed by atoms with Gasteiger partial charge in [-0.25, -0.2) is 0 Å². The number of rotatable bonds is 8. The Morgan fingerprint density at radius 2 is 1.90 bits per heavy atom. The largest absolute Gasteiger partial charge is 0.357 e. The molecule has 1 fully saturated rings. The van der Waals surface area contributed by atoms with Crippen LogP contribution in [0, 0.1) is 0 Å². The fourth-order valence-electron chi connectivity index (χ4n) is 3.46. The Labute approximate surface area is 202 Å². The molecular weight excluding hydrogens is 505 g/mol. The number of halogens is 1. The monoisotopic (exact) mass is 539 g/mol. The molecule has 1 saturated heterocycles. The molecule has 164 valence electrons. The summed E-state index contributed by atoms with van der Waals surface area (Å²) >= 11 is 1.88. The SMILES string of the molecule is CCNC(=NCC(C)Sc1ccccc1)NC1CCN(Cc2ccccn2)CC1.I. The fraction of sp³-hybridized carbons (Fsp3) is 0.478. The zero-order valence-electron chi connectivity index (χ0n) is 18.0. The van der Waals surface area contributed by atoms with E-state index in [1.54, 1.807) is 0 Å². The summed E-state index contributed by atoms with van der Waals surface area (Å²) in [6, 6.07) is 17.2. The maximum atomic E-state index is 4.84. The van der Waals surface area contributed by atoms with Crippen molar-refractivity contribution < 1.29 is 0 Å². The molecule has 1 aliphatic heterocycles. The quantitative estimate of drug-likeness (QED) is 0.226. The third kappa shape index (κ3) is 8.81. The van der Waals surface area contributed by atoms with E-state index in [-0.39, 0.29) is 24.0 Å². The molecule has 3 rings (SSSR count). The highest BCUT2D eigenvalue weighted by molar-refractivity contribution is 14.0. The lowest BCUT2D eigenvalue weighted by Crippen LogP contribution is -2.48. The van der Waals surface area contributed by atoms with E-state index in [0.717, 1.165) is 57.2 Å². The molecule has 2 heterocycles. The van der Waals surface area contributed by atoms with Gasteiger partial charge in [0.15, 0.2) is 5.96 Å². The highest BCUT2D eigenvalue weighted by Gasteiger charge is 2.20. The Hall–Kier alpha value is -1.32. The highest BCUT2D eigenvalue weighted by atomic mass is 127. The van der Waals surface area contributed by atoms with Crippen LogP contribution >= 0.6 is 35.7 Å². The first-order valence-electron chi connectivity index (χ1n) is 10.6. The van der Waals surface area contributed by atoms with Gasteiger partial charge in [-0.05, 0) is 44.0 Å². The summed E-state index contributed by atoms with van der Waals surface area (Å²) in [6.45, 7) is 9.16. The molecule has 2 N–H and O–H groups in total. The molecule has 0 spiro atoms. The maximum Gasteiger partial charge on any atom is 0.191 e. The standard InChI is InChI=1S/C23H33N5S.HI/c1-3-24-23(26-17-19(2)29-22-10-5-4-6-11-22)27-20-12-15-28(16-13-20)18-21-9-7-8-14-25-21;/h4-11,14,19-20H,3,12-13,15-18H2,1-2H3,(H2,24,26,27);1H. The average Bonchev–Trinajstić information content (AvgIpc) is 2.75. The summed E-state index contributed by atoms with van der Waals surface area (Å²) in [5.41, 5.74) is 1.15. The lowest BCUT2D eigenvalue weighted by molar-refractivity contribution is 0.196. The molecule has 7 heteroatoms. The van der Waals surface area contributed by atoms with E-state index in [9.17, 15) is 0 Å². The number of aliphatic imine (C=N–C) groups is 1. The van der Waals surface area contributed by atoms with E-state index in [2.05, 4.69) is 76.8 Å². The second-order valence-corrected chi connectivity index (χ2v) is 8.99. The van der Waals surface area contributed by atoms with Crippen LogP contribution in [-0.2, 0) is 6.54 Å². The zero-order chi connectivity index (χ0) is 20.3. The Morgan fingerprint density at radius 3 is 2.57 bits per heavy atom. The molecule has 1 aromatic carbocycles. The van der Waals surface area contributed by atoms with Crippen molar-refractivity contribution in [2.75, 3.05) is 26.2 Å². The van der Waals surface area contributed by atoms with Gasteiger partial charge in [0.1, 0.15) is 0 Å². The number of nitrogens with one attached hydrogen (secondary N) is 2. The number of hydrogen-bond donors (Lipinski definition) is 2. The summed E-state index contributed by atoms with van der Waals surface area (Å²) in [5, 5.41) is 7.49. The van der Waals surface area contributed by atoms with E-state index in [0.29, 0.717) is 11.3 Å². The van der Waals surface area contributed by atoms with Gasteiger partial charge in [0.2, 0.25) is 0 Å². The van der Waals surface area contributed by atoms with Gasteiger partial charge < -0.3 is 10.6 Å². The molecule has 2 aromatic rings. The first kappa shape index (κ1) is 24.9. The Balaban J connectivity index is 0.00000320. The first-order valence-corrected chi connectivity index (χ1v) is 11.5. The summed E-state index contributed by atoms with van der Waals surface area (Å²) in [6.07, 6.45) is 4.14. The number of piperidine rings is 1.